The topological polar surface area (TPSA) is 67.2 Å². The molecule has 2 amide bonds. The summed E-state index contributed by atoms with van der Waals surface area (Å²) in [6, 6.07) is 9.28. The molecule has 0 bridgehead atoms. The summed E-state index contributed by atoms with van der Waals surface area (Å²) >= 11 is 0. The lowest BCUT2D eigenvalue weighted by atomic mass is 10.1. The van der Waals surface area contributed by atoms with E-state index in [1.165, 1.54) is 0 Å². The minimum atomic E-state index is -0.185. The monoisotopic (exact) mass is 298 g/mol. The van der Waals surface area contributed by atoms with Crippen molar-refractivity contribution in [3.05, 3.63) is 42.7 Å². The first-order valence-electron chi connectivity index (χ1n) is 7.41. The SMILES string of the molecule is O=C(CN1CCCCC1=O)Nc1ccccc1-n1cccn1. The van der Waals surface area contributed by atoms with Crippen LogP contribution in [0.15, 0.2) is 42.7 Å². The van der Waals surface area contributed by atoms with Gasteiger partial charge in [0.2, 0.25) is 11.8 Å². The Morgan fingerprint density at radius 3 is 2.86 bits per heavy atom. The molecule has 1 N–H and O–H groups in total. The Bertz CT molecular complexity index is 667. The van der Waals surface area contributed by atoms with E-state index in [2.05, 4.69) is 10.4 Å². The first kappa shape index (κ1) is 14.3. The third-order valence-corrected chi connectivity index (χ3v) is 3.69. The van der Waals surface area contributed by atoms with Gasteiger partial charge < -0.3 is 10.2 Å². The molecule has 1 aliphatic heterocycles. The van der Waals surface area contributed by atoms with Crippen molar-refractivity contribution in [1.82, 2.24) is 14.7 Å². The van der Waals surface area contributed by atoms with Crippen LogP contribution in [0, 0.1) is 0 Å². The number of hydrogen-bond donors (Lipinski definition) is 1. The average molecular weight is 298 g/mol. The highest BCUT2D eigenvalue weighted by atomic mass is 16.2. The number of para-hydroxylation sites is 2. The van der Waals surface area contributed by atoms with Crippen LogP contribution in [0.1, 0.15) is 19.3 Å². The summed E-state index contributed by atoms with van der Waals surface area (Å²) in [5.41, 5.74) is 1.48. The molecule has 3 rings (SSSR count). The normalized spacial score (nSPS) is 14.9. The molecule has 6 nitrogen and oxygen atoms in total. The molecule has 6 heteroatoms. The molecule has 0 atom stereocenters. The molecule has 0 radical (unpaired) electrons. The third kappa shape index (κ3) is 3.16. The minimum Gasteiger partial charge on any atom is -0.333 e. The van der Waals surface area contributed by atoms with E-state index < -0.39 is 0 Å². The van der Waals surface area contributed by atoms with Gasteiger partial charge in [0.1, 0.15) is 0 Å². The number of anilines is 1. The van der Waals surface area contributed by atoms with E-state index in [0.29, 0.717) is 18.7 Å². The van der Waals surface area contributed by atoms with Gasteiger partial charge >= 0.3 is 0 Å². The first-order valence-corrected chi connectivity index (χ1v) is 7.41. The van der Waals surface area contributed by atoms with Gasteiger partial charge in [-0.2, -0.15) is 5.10 Å². The number of aromatic nitrogens is 2. The molecule has 1 saturated heterocycles. The van der Waals surface area contributed by atoms with E-state index >= 15 is 0 Å². The second-order valence-electron chi connectivity index (χ2n) is 5.29. The van der Waals surface area contributed by atoms with Gasteiger partial charge in [0, 0.05) is 25.4 Å². The van der Waals surface area contributed by atoms with Gasteiger partial charge in [0.15, 0.2) is 0 Å². The van der Waals surface area contributed by atoms with E-state index in [-0.39, 0.29) is 18.4 Å². The van der Waals surface area contributed by atoms with Crippen LogP contribution in [0.2, 0.25) is 0 Å². The van der Waals surface area contributed by atoms with Crippen molar-refractivity contribution in [3.8, 4) is 5.69 Å². The average Bonchev–Trinajstić information content (AvgIpc) is 3.04. The second-order valence-corrected chi connectivity index (χ2v) is 5.29. The van der Waals surface area contributed by atoms with Crippen molar-refractivity contribution >= 4 is 17.5 Å². The summed E-state index contributed by atoms with van der Waals surface area (Å²) in [5.74, 6) is -0.128. The number of nitrogens with one attached hydrogen (secondary N) is 1. The van der Waals surface area contributed by atoms with Crippen molar-refractivity contribution in [2.45, 2.75) is 19.3 Å². The van der Waals surface area contributed by atoms with Gasteiger partial charge in [-0.05, 0) is 31.0 Å². The molecule has 0 saturated carbocycles. The predicted octanol–water partition coefficient (Wildman–Crippen LogP) is 1.82. The molecule has 0 spiro atoms. The number of piperidine rings is 1. The molecule has 1 aliphatic rings. The Hall–Kier alpha value is -2.63. The van der Waals surface area contributed by atoms with Crippen LogP contribution < -0.4 is 5.32 Å². The summed E-state index contributed by atoms with van der Waals surface area (Å²) in [5, 5.41) is 7.06. The highest BCUT2D eigenvalue weighted by Crippen LogP contribution is 2.19. The Morgan fingerprint density at radius 1 is 1.23 bits per heavy atom. The highest BCUT2D eigenvalue weighted by Gasteiger charge is 2.20. The lowest BCUT2D eigenvalue weighted by Crippen LogP contribution is -2.40. The molecule has 1 fully saturated rings. The van der Waals surface area contributed by atoms with Crippen molar-refractivity contribution < 1.29 is 9.59 Å². The number of carbonyl (C=O) groups excluding carboxylic acids is 2. The van der Waals surface area contributed by atoms with Gasteiger partial charge in [-0.3, -0.25) is 9.59 Å². The lowest BCUT2D eigenvalue weighted by molar-refractivity contribution is -0.136. The number of likely N-dealkylation sites (tertiary alicyclic amines) is 1. The van der Waals surface area contributed by atoms with Crippen LogP contribution in [0.4, 0.5) is 5.69 Å². The van der Waals surface area contributed by atoms with Crippen LogP contribution >= 0.6 is 0 Å². The molecule has 1 aromatic heterocycles. The van der Waals surface area contributed by atoms with Crippen molar-refractivity contribution in [3.63, 3.8) is 0 Å². The zero-order valence-electron chi connectivity index (χ0n) is 12.2. The summed E-state index contributed by atoms with van der Waals surface area (Å²) in [6.07, 6.45) is 5.92. The maximum atomic E-state index is 12.2. The van der Waals surface area contributed by atoms with Crippen LogP contribution in [0.3, 0.4) is 0 Å². The van der Waals surface area contributed by atoms with Crippen molar-refractivity contribution in [2.24, 2.45) is 0 Å². The second kappa shape index (κ2) is 6.43. The number of hydrogen-bond acceptors (Lipinski definition) is 3. The van der Waals surface area contributed by atoms with Crippen LogP contribution in [0.5, 0.6) is 0 Å². The number of amides is 2. The molecule has 2 heterocycles. The van der Waals surface area contributed by atoms with Gasteiger partial charge in [0.05, 0.1) is 17.9 Å². The number of carbonyl (C=O) groups is 2. The van der Waals surface area contributed by atoms with Crippen molar-refractivity contribution in [2.75, 3.05) is 18.4 Å². The molecule has 0 unspecified atom stereocenters. The highest BCUT2D eigenvalue weighted by molar-refractivity contribution is 5.96. The molecule has 114 valence electrons. The van der Waals surface area contributed by atoms with Crippen LogP contribution in [0.25, 0.3) is 5.69 Å². The molecule has 0 aliphatic carbocycles. The number of nitrogens with zero attached hydrogens (tertiary/aromatic N) is 3. The van der Waals surface area contributed by atoms with E-state index in [1.807, 2.05) is 36.5 Å². The zero-order chi connectivity index (χ0) is 15.4. The quantitative estimate of drug-likeness (QED) is 0.936. The summed E-state index contributed by atoms with van der Waals surface area (Å²) in [4.78, 5) is 25.6. The first-order chi connectivity index (χ1) is 10.7. The Morgan fingerprint density at radius 2 is 2.09 bits per heavy atom. The van der Waals surface area contributed by atoms with Gasteiger partial charge in [-0.15, -0.1) is 0 Å². The smallest absolute Gasteiger partial charge is 0.244 e. The standard InChI is InChI=1S/C16H18N4O2/c21-15(12-19-10-4-3-8-16(19)22)18-13-6-1-2-7-14(13)20-11-5-9-17-20/h1-2,5-7,9,11H,3-4,8,10,12H2,(H,18,21). The Kier molecular flexibility index (Phi) is 4.18. The summed E-state index contributed by atoms with van der Waals surface area (Å²) < 4.78 is 1.70. The fourth-order valence-corrected chi connectivity index (χ4v) is 2.58. The Labute approximate surface area is 128 Å². The Balaban J connectivity index is 1.70. The van der Waals surface area contributed by atoms with Crippen LogP contribution in [-0.2, 0) is 9.59 Å². The molecular weight excluding hydrogens is 280 g/mol. The predicted molar refractivity (Wildman–Crippen MR) is 82.6 cm³/mol. The fourth-order valence-electron chi connectivity index (χ4n) is 2.58. The number of rotatable bonds is 4. The van der Waals surface area contributed by atoms with E-state index in [9.17, 15) is 9.59 Å². The van der Waals surface area contributed by atoms with Gasteiger partial charge in [-0.1, -0.05) is 12.1 Å². The summed E-state index contributed by atoms with van der Waals surface area (Å²) in [7, 11) is 0. The fraction of sp³-hybridized carbons (Fsp3) is 0.312. The molecule has 1 aromatic carbocycles. The largest absolute Gasteiger partial charge is 0.333 e. The van der Waals surface area contributed by atoms with Gasteiger partial charge in [-0.25, -0.2) is 4.68 Å². The molecule has 22 heavy (non-hydrogen) atoms. The maximum absolute atomic E-state index is 12.2. The lowest BCUT2D eigenvalue weighted by Gasteiger charge is -2.26. The van der Waals surface area contributed by atoms with Gasteiger partial charge in [0.25, 0.3) is 0 Å². The maximum Gasteiger partial charge on any atom is 0.244 e. The van der Waals surface area contributed by atoms with E-state index in [1.54, 1.807) is 15.8 Å². The van der Waals surface area contributed by atoms with E-state index in [0.717, 1.165) is 18.5 Å². The summed E-state index contributed by atoms with van der Waals surface area (Å²) in [6.45, 7) is 0.763. The zero-order valence-corrected chi connectivity index (χ0v) is 12.2. The third-order valence-electron chi connectivity index (χ3n) is 3.69. The van der Waals surface area contributed by atoms with Crippen LogP contribution in [-0.4, -0.2) is 39.6 Å². The van der Waals surface area contributed by atoms with E-state index in [4.69, 9.17) is 0 Å². The minimum absolute atomic E-state index is 0.0572. The number of benzene rings is 1. The van der Waals surface area contributed by atoms with Crippen molar-refractivity contribution in [1.29, 1.82) is 0 Å². The molecular formula is C16H18N4O2. The molecule has 2 aromatic rings.